The summed E-state index contributed by atoms with van der Waals surface area (Å²) >= 11 is 0. The van der Waals surface area contributed by atoms with Crippen LogP contribution in [0.3, 0.4) is 0 Å². The summed E-state index contributed by atoms with van der Waals surface area (Å²) in [5, 5.41) is 1.46. The average molecular weight is 195 g/mol. The molecule has 0 radical (unpaired) electrons. The van der Waals surface area contributed by atoms with Crippen LogP contribution in [0.15, 0.2) is 24.3 Å². The quantitative estimate of drug-likeness (QED) is 0.566. The fourth-order valence-corrected chi connectivity index (χ4v) is 2.70. The second-order valence-electron chi connectivity index (χ2n) is 3.14. The van der Waals surface area contributed by atoms with Crippen molar-refractivity contribution in [3.05, 3.63) is 29.8 Å². The SMILES string of the molecule is CCCCPc1ccccc1CN. The first-order valence-electron chi connectivity index (χ1n) is 4.90. The molecule has 2 N–H and O–H groups in total. The minimum absolute atomic E-state index is 0.676. The van der Waals surface area contributed by atoms with Gasteiger partial charge in [-0.25, -0.2) is 0 Å². The Morgan fingerprint density at radius 1 is 1.31 bits per heavy atom. The maximum absolute atomic E-state index is 5.66. The Balaban J connectivity index is 2.54. The molecule has 0 bridgehead atoms. The summed E-state index contributed by atoms with van der Waals surface area (Å²) in [6.45, 7) is 2.91. The number of rotatable bonds is 5. The van der Waals surface area contributed by atoms with E-state index in [0.717, 1.165) is 8.58 Å². The van der Waals surface area contributed by atoms with Crippen molar-refractivity contribution in [1.29, 1.82) is 0 Å². The second-order valence-corrected chi connectivity index (χ2v) is 4.53. The molecule has 13 heavy (non-hydrogen) atoms. The highest BCUT2D eigenvalue weighted by molar-refractivity contribution is 7.47. The van der Waals surface area contributed by atoms with E-state index in [4.69, 9.17) is 5.73 Å². The van der Waals surface area contributed by atoms with E-state index in [2.05, 4.69) is 31.2 Å². The molecule has 0 aliphatic rings. The highest BCUT2D eigenvalue weighted by atomic mass is 31.1. The molecule has 0 aromatic heterocycles. The standard InChI is InChI=1S/C11H18NP/c1-2-3-8-13-11-7-5-4-6-10(11)9-12/h4-7,13H,2-3,8-9,12H2,1H3. The molecule has 0 aliphatic heterocycles. The lowest BCUT2D eigenvalue weighted by Gasteiger charge is -2.06. The summed E-state index contributed by atoms with van der Waals surface area (Å²) in [4.78, 5) is 0. The Labute approximate surface area is 82.5 Å². The van der Waals surface area contributed by atoms with E-state index in [1.165, 1.54) is 29.9 Å². The van der Waals surface area contributed by atoms with Gasteiger partial charge >= 0.3 is 0 Å². The molecule has 1 rings (SSSR count). The van der Waals surface area contributed by atoms with Crippen LogP contribution >= 0.6 is 8.58 Å². The van der Waals surface area contributed by atoms with Crippen LogP contribution in [0.1, 0.15) is 25.3 Å². The third-order valence-electron chi connectivity index (χ3n) is 2.08. The molecule has 1 unspecified atom stereocenters. The van der Waals surface area contributed by atoms with Crippen LogP contribution in [-0.2, 0) is 6.54 Å². The first-order valence-corrected chi connectivity index (χ1v) is 6.11. The van der Waals surface area contributed by atoms with Crippen LogP contribution in [0.5, 0.6) is 0 Å². The van der Waals surface area contributed by atoms with Crippen molar-refractivity contribution in [2.24, 2.45) is 5.73 Å². The Hall–Kier alpha value is -0.390. The normalized spacial score (nSPS) is 11.2. The summed E-state index contributed by atoms with van der Waals surface area (Å²) in [6, 6.07) is 8.51. The van der Waals surface area contributed by atoms with Gasteiger partial charge in [-0.1, -0.05) is 46.2 Å². The van der Waals surface area contributed by atoms with E-state index in [1.54, 1.807) is 0 Å². The van der Waals surface area contributed by atoms with Crippen molar-refractivity contribution < 1.29 is 0 Å². The number of hydrogen-bond acceptors (Lipinski definition) is 1. The van der Waals surface area contributed by atoms with E-state index in [0.29, 0.717) is 6.54 Å². The first-order chi connectivity index (χ1) is 6.38. The maximum atomic E-state index is 5.66. The zero-order valence-electron chi connectivity index (χ0n) is 8.22. The van der Waals surface area contributed by atoms with Crippen LogP contribution < -0.4 is 11.0 Å². The molecule has 0 saturated carbocycles. The van der Waals surface area contributed by atoms with Gasteiger partial charge in [-0.05, 0) is 23.5 Å². The van der Waals surface area contributed by atoms with Crippen molar-refractivity contribution >= 4 is 13.9 Å². The Kier molecular flexibility index (Phi) is 5.03. The zero-order valence-corrected chi connectivity index (χ0v) is 9.22. The smallest absolute Gasteiger partial charge is 0.0184 e. The predicted octanol–water partition coefficient (Wildman–Crippen LogP) is 2.25. The zero-order chi connectivity index (χ0) is 9.52. The molecular formula is C11H18NP. The first kappa shape index (κ1) is 10.7. The fraction of sp³-hybridized carbons (Fsp3) is 0.455. The third kappa shape index (κ3) is 3.46. The van der Waals surface area contributed by atoms with E-state index < -0.39 is 0 Å². The van der Waals surface area contributed by atoms with Gasteiger partial charge in [-0.3, -0.25) is 0 Å². The average Bonchev–Trinajstić information content (AvgIpc) is 2.19. The molecule has 0 fully saturated rings. The summed E-state index contributed by atoms with van der Waals surface area (Å²) in [5.41, 5.74) is 6.98. The van der Waals surface area contributed by atoms with Gasteiger partial charge in [-0.2, -0.15) is 0 Å². The third-order valence-corrected chi connectivity index (χ3v) is 3.56. The van der Waals surface area contributed by atoms with E-state index in [9.17, 15) is 0 Å². The Bertz CT molecular complexity index is 248. The van der Waals surface area contributed by atoms with E-state index in [-0.39, 0.29) is 0 Å². The molecular weight excluding hydrogens is 177 g/mol. The van der Waals surface area contributed by atoms with E-state index >= 15 is 0 Å². The van der Waals surface area contributed by atoms with Gasteiger partial charge < -0.3 is 5.73 Å². The van der Waals surface area contributed by atoms with Crippen molar-refractivity contribution in [3.8, 4) is 0 Å². The van der Waals surface area contributed by atoms with Gasteiger partial charge in [0.05, 0.1) is 0 Å². The van der Waals surface area contributed by atoms with Crippen molar-refractivity contribution in [2.75, 3.05) is 6.16 Å². The molecule has 1 nitrogen and oxygen atoms in total. The lowest BCUT2D eigenvalue weighted by Crippen LogP contribution is -2.09. The Morgan fingerprint density at radius 3 is 2.77 bits per heavy atom. The topological polar surface area (TPSA) is 26.0 Å². The summed E-state index contributed by atoms with van der Waals surface area (Å²) in [5.74, 6) is 0. The van der Waals surface area contributed by atoms with Crippen LogP contribution in [0, 0.1) is 0 Å². The lowest BCUT2D eigenvalue weighted by atomic mass is 10.2. The minimum atomic E-state index is 0.676. The highest BCUT2D eigenvalue weighted by Crippen LogP contribution is 2.15. The van der Waals surface area contributed by atoms with Gasteiger partial charge in [-0.15, -0.1) is 0 Å². The molecule has 2 heteroatoms. The van der Waals surface area contributed by atoms with Crippen molar-refractivity contribution in [3.63, 3.8) is 0 Å². The van der Waals surface area contributed by atoms with Gasteiger partial charge in [0.1, 0.15) is 0 Å². The Morgan fingerprint density at radius 2 is 2.08 bits per heavy atom. The number of hydrogen-bond donors (Lipinski definition) is 1. The maximum Gasteiger partial charge on any atom is 0.0184 e. The summed E-state index contributed by atoms with van der Waals surface area (Å²) < 4.78 is 0. The number of unbranched alkanes of at least 4 members (excludes halogenated alkanes) is 1. The van der Waals surface area contributed by atoms with Crippen LogP contribution in [0.25, 0.3) is 0 Å². The second kappa shape index (κ2) is 6.12. The lowest BCUT2D eigenvalue weighted by molar-refractivity contribution is 0.895. The molecule has 1 aromatic carbocycles. The number of benzene rings is 1. The van der Waals surface area contributed by atoms with Gasteiger partial charge in [0, 0.05) is 6.54 Å². The molecule has 1 atom stereocenters. The monoisotopic (exact) mass is 195 g/mol. The van der Waals surface area contributed by atoms with Crippen molar-refractivity contribution in [1.82, 2.24) is 0 Å². The molecule has 0 aliphatic carbocycles. The highest BCUT2D eigenvalue weighted by Gasteiger charge is 1.98. The van der Waals surface area contributed by atoms with Crippen LogP contribution in [0.4, 0.5) is 0 Å². The number of nitrogens with two attached hydrogens (primary N) is 1. The molecule has 0 saturated heterocycles. The van der Waals surface area contributed by atoms with Crippen LogP contribution in [-0.4, -0.2) is 6.16 Å². The molecule has 72 valence electrons. The molecule has 0 spiro atoms. The molecule has 0 heterocycles. The van der Waals surface area contributed by atoms with Gasteiger partial charge in [0.25, 0.3) is 0 Å². The largest absolute Gasteiger partial charge is 0.326 e. The minimum Gasteiger partial charge on any atom is -0.326 e. The van der Waals surface area contributed by atoms with Gasteiger partial charge in [0.2, 0.25) is 0 Å². The molecule has 1 aromatic rings. The summed E-state index contributed by atoms with van der Waals surface area (Å²) in [6.07, 6.45) is 3.93. The fourth-order valence-electron chi connectivity index (χ4n) is 1.27. The van der Waals surface area contributed by atoms with Gasteiger partial charge in [0.15, 0.2) is 0 Å². The predicted molar refractivity (Wildman–Crippen MR) is 62.1 cm³/mol. The summed E-state index contributed by atoms with van der Waals surface area (Å²) in [7, 11) is 0.937. The van der Waals surface area contributed by atoms with Crippen LogP contribution in [0.2, 0.25) is 0 Å². The molecule has 0 amide bonds. The van der Waals surface area contributed by atoms with E-state index in [1.807, 2.05) is 0 Å². The van der Waals surface area contributed by atoms with Crippen molar-refractivity contribution in [2.45, 2.75) is 26.3 Å².